The minimum Gasteiger partial charge on any atom is -0.368 e. The highest BCUT2D eigenvalue weighted by Gasteiger charge is 2.23. The summed E-state index contributed by atoms with van der Waals surface area (Å²) in [7, 11) is 0. The number of benzene rings is 1. The first-order chi connectivity index (χ1) is 11.1. The molecule has 1 amide bonds. The van der Waals surface area contributed by atoms with Gasteiger partial charge in [-0.15, -0.1) is 10.2 Å². The lowest BCUT2D eigenvalue weighted by Crippen LogP contribution is -2.26. The number of anilines is 3. The third kappa shape index (κ3) is 3.99. The number of carbonyl (C=O) groups excluding carboxylic acids is 1. The predicted octanol–water partition coefficient (Wildman–Crippen LogP) is 3.34. The number of ether oxygens (including phenoxy) is 1. The van der Waals surface area contributed by atoms with Crippen LogP contribution in [0.5, 0.6) is 0 Å². The highest BCUT2D eigenvalue weighted by Crippen LogP contribution is 2.27. The lowest BCUT2D eigenvalue weighted by atomic mass is 10.2. The summed E-state index contributed by atoms with van der Waals surface area (Å²) in [6.45, 7) is 0.614. The number of aromatic nitrogens is 2. The number of hydrogen-bond donors (Lipinski definition) is 2. The molecule has 0 radical (unpaired) electrons. The van der Waals surface area contributed by atoms with Crippen LogP contribution in [0.3, 0.4) is 0 Å². The van der Waals surface area contributed by atoms with E-state index in [-0.39, 0.29) is 22.2 Å². The number of nitrogens with zero attached hydrogens (tertiary/aromatic N) is 2. The molecule has 0 saturated carbocycles. The average molecular weight is 340 g/mol. The molecule has 1 fully saturated rings. The number of rotatable bonds is 5. The van der Waals surface area contributed by atoms with Crippen molar-refractivity contribution in [3.8, 4) is 0 Å². The first-order valence-electron chi connectivity index (χ1n) is 7.03. The fourth-order valence-corrected chi connectivity index (χ4v) is 2.76. The Morgan fingerprint density at radius 3 is 2.61 bits per heavy atom. The van der Waals surface area contributed by atoms with Gasteiger partial charge in [0.1, 0.15) is 6.10 Å². The molecule has 6 nitrogen and oxygen atoms in total. The van der Waals surface area contributed by atoms with Crippen LogP contribution >= 0.6 is 11.3 Å². The minimum absolute atomic E-state index is 0.158. The first kappa shape index (κ1) is 15.8. The molecule has 0 aliphatic carbocycles. The Labute approximate surface area is 134 Å². The van der Waals surface area contributed by atoms with Crippen molar-refractivity contribution in [2.45, 2.75) is 25.4 Å². The third-order valence-corrected chi connectivity index (χ3v) is 4.10. The van der Waals surface area contributed by atoms with Crippen molar-refractivity contribution >= 4 is 33.8 Å². The fourth-order valence-electron chi connectivity index (χ4n) is 2.14. The molecule has 23 heavy (non-hydrogen) atoms. The van der Waals surface area contributed by atoms with Crippen LogP contribution in [-0.2, 0) is 9.53 Å². The van der Waals surface area contributed by atoms with Crippen LogP contribution in [0.2, 0.25) is 0 Å². The van der Waals surface area contributed by atoms with E-state index in [0.717, 1.165) is 24.2 Å². The van der Waals surface area contributed by atoms with Crippen molar-refractivity contribution in [1.82, 2.24) is 10.2 Å². The molecule has 2 N–H and O–H groups in total. The Kier molecular flexibility index (Phi) is 4.77. The number of amides is 1. The molecular formula is C14H14F2N4O2S. The fraction of sp³-hybridized carbons (Fsp3) is 0.357. The van der Waals surface area contributed by atoms with Gasteiger partial charge in [-0.25, -0.2) is 8.78 Å². The molecule has 0 spiro atoms. The lowest BCUT2D eigenvalue weighted by Gasteiger charge is -2.11. The van der Waals surface area contributed by atoms with Crippen molar-refractivity contribution in [2.75, 3.05) is 17.2 Å². The molecule has 1 aromatic carbocycles. The molecule has 1 atom stereocenters. The Hall–Kier alpha value is -2.13. The lowest BCUT2D eigenvalue weighted by molar-refractivity contribution is -0.124. The van der Waals surface area contributed by atoms with Gasteiger partial charge < -0.3 is 15.4 Å². The molecule has 1 aromatic heterocycles. The zero-order chi connectivity index (χ0) is 16.2. The number of nitrogens with one attached hydrogen (secondary N) is 2. The molecule has 1 unspecified atom stereocenters. The molecule has 2 heterocycles. The van der Waals surface area contributed by atoms with Crippen molar-refractivity contribution < 1.29 is 18.3 Å². The Morgan fingerprint density at radius 2 is 2.00 bits per heavy atom. The zero-order valence-corrected chi connectivity index (χ0v) is 12.8. The highest BCUT2D eigenvalue weighted by molar-refractivity contribution is 7.15. The minimum atomic E-state index is -2.63. The van der Waals surface area contributed by atoms with Crippen molar-refractivity contribution in [2.24, 2.45) is 0 Å². The zero-order valence-electron chi connectivity index (χ0n) is 12.0. The maximum absolute atomic E-state index is 12.5. The van der Waals surface area contributed by atoms with Gasteiger partial charge in [0, 0.05) is 18.0 Å². The van der Waals surface area contributed by atoms with Gasteiger partial charge in [0.15, 0.2) is 5.01 Å². The average Bonchev–Trinajstić information content (AvgIpc) is 3.20. The highest BCUT2D eigenvalue weighted by atomic mass is 32.1. The van der Waals surface area contributed by atoms with E-state index < -0.39 is 6.43 Å². The summed E-state index contributed by atoms with van der Waals surface area (Å²) in [5.74, 6) is -0.158. The third-order valence-electron chi connectivity index (χ3n) is 3.25. The summed E-state index contributed by atoms with van der Waals surface area (Å²) in [4.78, 5) is 11.9. The summed E-state index contributed by atoms with van der Waals surface area (Å²) in [5.41, 5.74) is 1.30. The molecule has 122 valence electrons. The van der Waals surface area contributed by atoms with Gasteiger partial charge in [-0.1, -0.05) is 11.3 Å². The summed E-state index contributed by atoms with van der Waals surface area (Å²) in [6, 6.07) is 6.86. The van der Waals surface area contributed by atoms with Crippen LogP contribution in [0, 0.1) is 0 Å². The van der Waals surface area contributed by atoms with Gasteiger partial charge in [0.05, 0.1) is 0 Å². The molecule has 3 rings (SSSR count). The normalized spacial score (nSPS) is 17.4. The van der Waals surface area contributed by atoms with Gasteiger partial charge in [-0.2, -0.15) is 0 Å². The quantitative estimate of drug-likeness (QED) is 0.873. The number of alkyl halides is 2. The van der Waals surface area contributed by atoms with E-state index in [0.29, 0.717) is 18.0 Å². The number of carbonyl (C=O) groups is 1. The summed E-state index contributed by atoms with van der Waals surface area (Å²) < 4.78 is 30.2. The van der Waals surface area contributed by atoms with E-state index in [9.17, 15) is 13.6 Å². The van der Waals surface area contributed by atoms with Crippen LogP contribution in [0.1, 0.15) is 24.3 Å². The second-order valence-corrected chi connectivity index (χ2v) is 5.95. The van der Waals surface area contributed by atoms with Crippen LogP contribution < -0.4 is 10.6 Å². The van der Waals surface area contributed by atoms with Crippen LogP contribution in [0.15, 0.2) is 24.3 Å². The summed E-state index contributed by atoms with van der Waals surface area (Å²) in [6.07, 6.45) is -1.39. The maximum atomic E-state index is 12.5. The Balaban J connectivity index is 1.58. The first-order valence-corrected chi connectivity index (χ1v) is 7.84. The Morgan fingerprint density at radius 1 is 1.26 bits per heavy atom. The summed E-state index contributed by atoms with van der Waals surface area (Å²) >= 11 is 0.798. The van der Waals surface area contributed by atoms with Crippen molar-refractivity contribution in [3.05, 3.63) is 29.3 Å². The van der Waals surface area contributed by atoms with Gasteiger partial charge in [-0.05, 0) is 37.1 Å². The smallest absolute Gasteiger partial charge is 0.291 e. The molecule has 1 aliphatic heterocycles. The second kappa shape index (κ2) is 6.97. The van der Waals surface area contributed by atoms with Gasteiger partial charge in [-0.3, -0.25) is 4.79 Å². The van der Waals surface area contributed by atoms with Crippen molar-refractivity contribution in [1.29, 1.82) is 0 Å². The SMILES string of the molecule is O=C(Nc1ccc(Nc2nnc(C(F)F)s2)cc1)C1CCCO1. The summed E-state index contributed by atoms with van der Waals surface area (Å²) in [5, 5.41) is 12.7. The van der Waals surface area contributed by atoms with Gasteiger partial charge in [0.25, 0.3) is 12.3 Å². The largest absolute Gasteiger partial charge is 0.368 e. The molecule has 2 aromatic rings. The predicted molar refractivity (Wildman–Crippen MR) is 82.2 cm³/mol. The van der Waals surface area contributed by atoms with Crippen LogP contribution in [0.4, 0.5) is 25.3 Å². The monoisotopic (exact) mass is 340 g/mol. The van der Waals surface area contributed by atoms with Crippen LogP contribution in [-0.4, -0.2) is 28.8 Å². The van der Waals surface area contributed by atoms with Gasteiger partial charge >= 0.3 is 0 Å². The molecule has 0 bridgehead atoms. The molecule has 1 saturated heterocycles. The standard InChI is InChI=1S/C14H14F2N4O2S/c15-11(16)13-19-20-14(23-13)18-9-5-3-8(4-6-9)17-12(21)10-2-1-7-22-10/h3-6,10-11H,1-2,7H2,(H,17,21)(H,18,20). The number of halogens is 2. The van der Waals surface area contributed by atoms with Crippen molar-refractivity contribution in [3.63, 3.8) is 0 Å². The topological polar surface area (TPSA) is 76.1 Å². The molecule has 9 heteroatoms. The van der Waals surface area contributed by atoms with Crippen LogP contribution in [0.25, 0.3) is 0 Å². The van der Waals surface area contributed by atoms with Gasteiger partial charge in [0.2, 0.25) is 5.13 Å². The van der Waals surface area contributed by atoms with E-state index in [4.69, 9.17) is 4.74 Å². The second-order valence-electron chi connectivity index (χ2n) is 4.94. The van der Waals surface area contributed by atoms with E-state index in [2.05, 4.69) is 20.8 Å². The van der Waals surface area contributed by atoms with E-state index in [1.165, 1.54) is 0 Å². The Bertz CT molecular complexity index is 672. The number of hydrogen-bond acceptors (Lipinski definition) is 6. The molecular weight excluding hydrogens is 326 g/mol. The molecule has 1 aliphatic rings. The van der Waals surface area contributed by atoms with E-state index in [1.54, 1.807) is 24.3 Å². The van der Waals surface area contributed by atoms with E-state index in [1.807, 2.05) is 0 Å². The van der Waals surface area contributed by atoms with E-state index >= 15 is 0 Å². The maximum Gasteiger partial charge on any atom is 0.291 e.